The fourth-order valence-electron chi connectivity index (χ4n) is 4.01. The van der Waals surface area contributed by atoms with Gasteiger partial charge in [-0.1, -0.05) is 6.07 Å². The maximum Gasteiger partial charge on any atom is 0.253 e. The van der Waals surface area contributed by atoms with E-state index in [2.05, 4.69) is 27.2 Å². The molecule has 1 heterocycles. The predicted octanol–water partition coefficient (Wildman–Crippen LogP) is 3.33. The molecule has 0 spiro atoms. The number of nitrogens with zero attached hydrogens (tertiary/aromatic N) is 3. The molecule has 1 N–H and O–H groups in total. The first-order chi connectivity index (χ1) is 15.5. The molecule has 0 atom stereocenters. The van der Waals surface area contributed by atoms with Gasteiger partial charge in [-0.15, -0.1) is 0 Å². The molecule has 0 unspecified atom stereocenters. The van der Waals surface area contributed by atoms with Gasteiger partial charge in [0.2, 0.25) is 5.91 Å². The Bertz CT molecular complexity index is 896. The summed E-state index contributed by atoms with van der Waals surface area (Å²) in [5.74, 6) is 0.775. The first-order valence-electron chi connectivity index (χ1n) is 11.3. The van der Waals surface area contributed by atoms with E-state index in [-0.39, 0.29) is 11.8 Å². The molecule has 1 aliphatic rings. The minimum absolute atomic E-state index is 0.0164. The molecule has 2 aromatic carbocycles. The zero-order chi connectivity index (χ0) is 22.9. The van der Waals surface area contributed by atoms with E-state index in [1.807, 2.05) is 38.1 Å². The van der Waals surface area contributed by atoms with Crippen LogP contribution in [0.15, 0.2) is 48.5 Å². The Labute approximate surface area is 190 Å². The largest absolute Gasteiger partial charge is 0.497 e. The van der Waals surface area contributed by atoms with E-state index in [0.717, 1.165) is 38.3 Å². The zero-order valence-electron chi connectivity index (χ0n) is 19.3. The van der Waals surface area contributed by atoms with E-state index < -0.39 is 0 Å². The number of rotatable bonds is 8. The summed E-state index contributed by atoms with van der Waals surface area (Å²) < 4.78 is 5.24. The van der Waals surface area contributed by atoms with Crippen LogP contribution in [-0.2, 0) is 4.79 Å². The summed E-state index contributed by atoms with van der Waals surface area (Å²) >= 11 is 0. The summed E-state index contributed by atoms with van der Waals surface area (Å²) in [6.07, 6.45) is 0.993. The fourth-order valence-corrected chi connectivity index (χ4v) is 4.01. The van der Waals surface area contributed by atoms with Crippen molar-refractivity contribution in [2.45, 2.75) is 20.3 Å². The molecule has 1 fully saturated rings. The summed E-state index contributed by atoms with van der Waals surface area (Å²) in [5.41, 5.74) is 2.42. The minimum atomic E-state index is -0.0599. The van der Waals surface area contributed by atoms with E-state index in [1.54, 1.807) is 24.1 Å². The molecule has 2 aromatic rings. The van der Waals surface area contributed by atoms with E-state index in [0.29, 0.717) is 30.9 Å². The number of nitrogens with one attached hydrogen (secondary N) is 1. The fraction of sp³-hybridized carbons (Fsp3) is 0.440. The van der Waals surface area contributed by atoms with Crippen molar-refractivity contribution in [1.82, 2.24) is 9.80 Å². The van der Waals surface area contributed by atoms with Gasteiger partial charge in [0.15, 0.2) is 0 Å². The van der Waals surface area contributed by atoms with Crippen LogP contribution in [-0.4, -0.2) is 74.5 Å². The average Bonchev–Trinajstić information content (AvgIpc) is 3.05. The summed E-state index contributed by atoms with van der Waals surface area (Å²) in [5, 5.41) is 2.96. The van der Waals surface area contributed by atoms with Gasteiger partial charge in [-0.3, -0.25) is 14.5 Å². The average molecular weight is 439 g/mol. The lowest BCUT2D eigenvalue weighted by Gasteiger charge is -2.23. The van der Waals surface area contributed by atoms with Crippen molar-refractivity contribution in [2.75, 3.05) is 63.1 Å². The number of ether oxygens (including phenoxy) is 1. The Kier molecular flexibility index (Phi) is 8.50. The molecule has 0 saturated carbocycles. The third-order valence-electron chi connectivity index (χ3n) is 5.84. The first kappa shape index (κ1) is 23.6. The molecule has 172 valence electrons. The van der Waals surface area contributed by atoms with Crippen molar-refractivity contribution in [3.05, 3.63) is 54.1 Å². The molecule has 1 aliphatic heterocycles. The number of hydrogen-bond donors (Lipinski definition) is 1. The monoisotopic (exact) mass is 438 g/mol. The van der Waals surface area contributed by atoms with Crippen LogP contribution in [0.3, 0.4) is 0 Å². The zero-order valence-corrected chi connectivity index (χ0v) is 19.3. The van der Waals surface area contributed by atoms with E-state index in [9.17, 15) is 9.59 Å². The SMILES string of the molecule is CCN(CC)C(=O)c1cccc(NC(=O)CN2CCCN(c3ccc(OC)cc3)CC2)c1. The maximum atomic E-state index is 12.7. The van der Waals surface area contributed by atoms with Gasteiger partial charge in [-0.2, -0.15) is 0 Å². The molecule has 0 aromatic heterocycles. The summed E-state index contributed by atoms with van der Waals surface area (Å²) in [6.45, 7) is 9.11. The summed E-state index contributed by atoms with van der Waals surface area (Å²) in [7, 11) is 1.67. The second kappa shape index (κ2) is 11.5. The second-order valence-corrected chi connectivity index (χ2v) is 7.92. The highest BCUT2D eigenvalue weighted by atomic mass is 16.5. The van der Waals surface area contributed by atoms with Gasteiger partial charge in [0.25, 0.3) is 5.91 Å². The van der Waals surface area contributed by atoms with Gasteiger partial charge in [-0.25, -0.2) is 0 Å². The quantitative estimate of drug-likeness (QED) is 0.685. The van der Waals surface area contributed by atoms with Crippen LogP contribution in [0.25, 0.3) is 0 Å². The molecule has 0 aliphatic carbocycles. The highest BCUT2D eigenvalue weighted by Gasteiger charge is 2.18. The minimum Gasteiger partial charge on any atom is -0.497 e. The van der Waals surface area contributed by atoms with Crippen molar-refractivity contribution in [2.24, 2.45) is 0 Å². The Balaban J connectivity index is 1.54. The van der Waals surface area contributed by atoms with Crippen LogP contribution in [0.4, 0.5) is 11.4 Å². The standard InChI is InChI=1S/C25H34N4O3/c1-4-28(5-2)25(31)20-8-6-9-21(18-20)26-24(30)19-27-14-7-15-29(17-16-27)22-10-12-23(32-3)13-11-22/h6,8-13,18H,4-5,7,14-17,19H2,1-3H3,(H,26,30). The third kappa shape index (κ3) is 6.23. The van der Waals surface area contributed by atoms with E-state index >= 15 is 0 Å². The van der Waals surface area contributed by atoms with Crippen LogP contribution in [0, 0.1) is 0 Å². The van der Waals surface area contributed by atoms with Crippen LogP contribution >= 0.6 is 0 Å². The molecule has 32 heavy (non-hydrogen) atoms. The van der Waals surface area contributed by atoms with E-state index in [1.165, 1.54) is 5.69 Å². The summed E-state index contributed by atoms with van der Waals surface area (Å²) in [4.78, 5) is 31.5. The van der Waals surface area contributed by atoms with Gasteiger partial charge in [0.1, 0.15) is 5.75 Å². The third-order valence-corrected chi connectivity index (χ3v) is 5.84. The Morgan fingerprint density at radius 2 is 1.75 bits per heavy atom. The number of methoxy groups -OCH3 is 1. The summed E-state index contributed by atoms with van der Waals surface area (Å²) in [6, 6.07) is 15.3. The number of amides is 2. The number of anilines is 2. The molecule has 7 nitrogen and oxygen atoms in total. The molecule has 7 heteroatoms. The second-order valence-electron chi connectivity index (χ2n) is 7.92. The lowest BCUT2D eigenvalue weighted by Crippen LogP contribution is -2.36. The van der Waals surface area contributed by atoms with Crippen molar-refractivity contribution in [1.29, 1.82) is 0 Å². The van der Waals surface area contributed by atoms with Crippen LogP contribution in [0.5, 0.6) is 5.75 Å². The Morgan fingerprint density at radius 1 is 1.00 bits per heavy atom. The van der Waals surface area contributed by atoms with Gasteiger partial charge in [-0.05, 0) is 62.7 Å². The van der Waals surface area contributed by atoms with Crippen LogP contribution < -0.4 is 15.0 Å². The lowest BCUT2D eigenvalue weighted by molar-refractivity contribution is -0.117. The Hall–Kier alpha value is -3.06. The molecular formula is C25H34N4O3. The van der Waals surface area contributed by atoms with Gasteiger partial charge < -0.3 is 19.9 Å². The number of carbonyl (C=O) groups excluding carboxylic acids is 2. The number of hydrogen-bond acceptors (Lipinski definition) is 5. The van der Waals surface area contributed by atoms with Gasteiger partial charge in [0, 0.05) is 56.2 Å². The predicted molar refractivity (Wildman–Crippen MR) is 129 cm³/mol. The highest BCUT2D eigenvalue weighted by Crippen LogP contribution is 2.20. The molecule has 0 bridgehead atoms. The lowest BCUT2D eigenvalue weighted by atomic mass is 10.1. The van der Waals surface area contributed by atoms with Crippen LogP contribution in [0.2, 0.25) is 0 Å². The van der Waals surface area contributed by atoms with Gasteiger partial charge in [0.05, 0.1) is 13.7 Å². The number of carbonyl (C=O) groups is 2. The molecule has 2 amide bonds. The smallest absolute Gasteiger partial charge is 0.253 e. The van der Waals surface area contributed by atoms with Gasteiger partial charge >= 0.3 is 0 Å². The topological polar surface area (TPSA) is 65.1 Å². The van der Waals surface area contributed by atoms with E-state index in [4.69, 9.17) is 4.74 Å². The molecular weight excluding hydrogens is 404 g/mol. The normalized spacial score (nSPS) is 14.5. The van der Waals surface area contributed by atoms with Crippen molar-refractivity contribution in [3.8, 4) is 5.75 Å². The Morgan fingerprint density at radius 3 is 2.44 bits per heavy atom. The molecule has 1 saturated heterocycles. The highest BCUT2D eigenvalue weighted by molar-refractivity contribution is 5.97. The van der Waals surface area contributed by atoms with Crippen molar-refractivity contribution in [3.63, 3.8) is 0 Å². The molecule has 0 radical (unpaired) electrons. The molecule has 3 rings (SSSR count). The maximum absolute atomic E-state index is 12.7. The number of benzene rings is 2. The van der Waals surface area contributed by atoms with Crippen LogP contribution in [0.1, 0.15) is 30.6 Å². The first-order valence-corrected chi connectivity index (χ1v) is 11.3. The van der Waals surface area contributed by atoms with Crippen molar-refractivity contribution < 1.29 is 14.3 Å². The van der Waals surface area contributed by atoms with Crippen molar-refractivity contribution >= 4 is 23.2 Å².